The number of hydrogen-bond acceptors (Lipinski definition) is 6. The van der Waals surface area contributed by atoms with Crippen molar-refractivity contribution < 1.29 is 17.9 Å². The van der Waals surface area contributed by atoms with E-state index >= 15 is 0 Å². The molecule has 3 heterocycles. The van der Waals surface area contributed by atoms with Crippen molar-refractivity contribution in [2.24, 2.45) is 0 Å². The predicted octanol–water partition coefficient (Wildman–Crippen LogP) is 4.05. The Morgan fingerprint density at radius 1 is 1.23 bits per heavy atom. The van der Waals surface area contributed by atoms with Gasteiger partial charge in [-0.2, -0.15) is 0 Å². The summed E-state index contributed by atoms with van der Waals surface area (Å²) in [4.78, 5) is 11.0. The minimum absolute atomic E-state index is 0.160. The molecule has 2 aliphatic heterocycles. The van der Waals surface area contributed by atoms with Gasteiger partial charge in [0.15, 0.2) is 0 Å². The molecule has 2 N–H and O–H groups in total. The number of alkyl halides is 2. The molecule has 1 aromatic heterocycles. The van der Waals surface area contributed by atoms with Crippen molar-refractivity contribution in [3.8, 4) is 5.75 Å². The summed E-state index contributed by atoms with van der Waals surface area (Å²) in [6, 6.07) is 7.60. The number of ether oxygens (including phenoxy) is 1. The van der Waals surface area contributed by atoms with Crippen LogP contribution in [0.25, 0.3) is 10.9 Å². The smallest absolute Gasteiger partial charge is 0.266 e. The van der Waals surface area contributed by atoms with Gasteiger partial charge in [0.2, 0.25) is 0 Å². The van der Waals surface area contributed by atoms with Crippen LogP contribution < -0.4 is 20.3 Å². The summed E-state index contributed by atoms with van der Waals surface area (Å²) >= 11 is 0. The van der Waals surface area contributed by atoms with E-state index in [4.69, 9.17) is 4.74 Å². The van der Waals surface area contributed by atoms with Crippen LogP contribution in [0.1, 0.15) is 30.5 Å². The largest absolute Gasteiger partial charge is 0.489 e. The van der Waals surface area contributed by atoms with E-state index in [0.717, 1.165) is 42.5 Å². The number of fused-ring (bicyclic) bond motifs is 4. The van der Waals surface area contributed by atoms with Gasteiger partial charge in [0.05, 0.1) is 28.9 Å². The number of nitrogens with one attached hydrogen (secondary N) is 2. The molecule has 1 fully saturated rings. The molecule has 2 aromatic carbocycles. The normalized spacial score (nSPS) is 19.0. The average molecular weight is 429 g/mol. The van der Waals surface area contributed by atoms with Gasteiger partial charge in [-0.15, -0.1) is 0 Å². The lowest BCUT2D eigenvalue weighted by Crippen LogP contribution is -2.55. The molecule has 0 bridgehead atoms. The number of piperazine rings is 1. The van der Waals surface area contributed by atoms with Crippen LogP contribution in [-0.2, 0) is 0 Å². The zero-order chi connectivity index (χ0) is 21.5. The maximum absolute atomic E-state index is 14.6. The monoisotopic (exact) mass is 429 g/mol. The first-order chi connectivity index (χ1) is 15.0. The first-order valence-corrected chi connectivity index (χ1v) is 10.2. The molecular formula is C22H22F3N5O. The zero-order valence-electron chi connectivity index (χ0n) is 16.9. The third-order valence-corrected chi connectivity index (χ3v) is 5.92. The van der Waals surface area contributed by atoms with Gasteiger partial charge in [-0.3, -0.25) is 0 Å². The van der Waals surface area contributed by atoms with Gasteiger partial charge in [0.25, 0.3) is 6.43 Å². The SMILES string of the molecule is CC(Nc1ncnc2cc3c(cc12)N1CCNC[C@@H]1CO3)c1cccc(C(F)F)c1F. The zero-order valence-corrected chi connectivity index (χ0v) is 16.9. The molecule has 0 radical (unpaired) electrons. The Hall–Kier alpha value is -3.07. The van der Waals surface area contributed by atoms with Crippen molar-refractivity contribution in [3.05, 3.63) is 53.6 Å². The Kier molecular flexibility index (Phi) is 5.05. The van der Waals surface area contributed by atoms with Gasteiger partial charge in [-0.25, -0.2) is 23.1 Å². The second-order valence-corrected chi connectivity index (χ2v) is 7.84. The van der Waals surface area contributed by atoms with Crippen LogP contribution in [0.15, 0.2) is 36.7 Å². The second kappa shape index (κ2) is 7.88. The quantitative estimate of drug-likeness (QED) is 0.653. The van der Waals surface area contributed by atoms with Crippen LogP contribution >= 0.6 is 0 Å². The maximum Gasteiger partial charge on any atom is 0.266 e. The molecule has 162 valence electrons. The van der Waals surface area contributed by atoms with E-state index in [2.05, 4.69) is 25.5 Å². The van der Waals surface area contributed by atoms with Gasteiger partial charge in [0, 0.05) is 36.7 Å². The number of aromatic nitrogens is 2. The highest BCUT2D eigenvalue weighted by Crippen LogP contribution is 2.39. The summed E-state index contributed by atoms with van der Waals surface area (Å²) in [6.07, 6.45) is -1.45. The first-order valence-electron chi connectivity index (χ1n) is 10.2. The summed E-state index contributed by atoms with van der Waals surface area (Å²) in [5.74, 6) is 0.392. The highest BCUT2D eigenvalue weighted by molar-refractivity contribution is 5.94. The molecule has 1 unspecified atom stereocenters. The number of hydrogen-bond donors (Lipinski definition) is 2. The molecule has 0 amide bonds. The minimum Gasteiger partial charge on any atom is -0.489 e. The molecule has 0 spiro atoms. The molecule has 0 aliphatic carbocycles. The number of nitrogens with zero attached hydrogens (tertiary/aromatic N) is 3. The Morgan fingerprint density at radius 2 is 2.06 bits per heavy atom. The lowest BCUT2D eigenvalue weighted by molar-refractivity contribution is 0.146. The first kappa shape index (κ1) is 19.9. The van der Waals surface area contributed by atoms with Gasteiger partial charge in [-0.05, 0) is 13.0 Å². The number of rotatable bonds is 4. The highest BCUT2D eigenvalue weighted by atomic mass is 19.3. The van der Waals surface area contributed by atoms with E-state index in [-0.39, 0.29) is 11.6 Å². The molecule has 2 aliphatic rings. The third kappa shape index (κ3) is 3.52. The Bertz CT molecular complexity index is 1130. The third-order valence-electron chi connectivity index (χ3n) is 5.92. The molecule has 31 heavy (non-hydrogen) atoms. The Balaban J connectivity index is 1.52. The van der Waals surface area contributed by atoms with E-state index in [0.29, 0.717) is 17.9 Å². The summed E-state index contributed by atoms with van der Waals surface area (Å²) in [5, 5.41) is 7.32. The Labute approximate surface area is 177 Å². The van der Waals surface area contributed by atoms with Crippen LogP contribution in [0.5, 0.6) is 5.75 Å². The van der Waals surface area contributed by atoms with Crippen LogP contribution in [0.4, 0.5) is 24.7 Å². The summed E-state index contributed by atoms with van der Waals surface area (Å²) in [7, 11) is 0. The van der Waals surface area contributed by atoms with Gasteiger partial charge < -0.3 is 20.3 Å². The predicted molar refractivity (Wildman–Crippen MR) is 112 cm³/mol. The molecule has 5 rings (SSSR count). The van der Waals surface area contributed by atoms with Crippen LogP contribution in [0, 0.1) is 5.82 Å². The van der Waals surface area contributed by atoms with E-state index in [9.17, 15) is 13.2 Å². The number of anilines is 2. The van der Waals surface area contributed by atoms with Crippen LogP contribution in [0.2, 0.25) is 0 Å². The van der Waals surface area contributed by atoms with E-state index in [1.165, 1.54) is 18.5 Å². The number of benzene rings is 2. The Morgan fingerprint density at radius 3 is 2.90 bits per heavy atom. The molecule has 2 atom stereocenters. The van der Waals surface area contributed by atoms with Crippen molar-refractivity contribution in [1.82, 2.24) is 15.3 Å². The molecule has 3 aromatic rings. The maximum atomic E-state index is 14.6. The highest BCUT2D eigenvalue weighted by Gasteiger charge is 2.30. The number of halogens is 3. The molecule has 6 nitrogen and oxygen atoms in total. The van der Waals surface area contributed by atoms with Gasteiger partial charge >= 0.3 is 0 Å². The fourth-order valence-corrected chi connectivity index (χ4v) is 4.29. The van der Waals surface area contributed by atoms with Crippen molar-refractivity contribution in [1.29, 1.82) is 0 Å². The standard InChI is InChI=1S/C22H22F3N5O/c1-12(14-3-2-4-15(20(14)23)21(24)25)29-22-16-7-18-19(8-17(16)27-11-28-22)31-10-13-9-26-5-6-30(13)18/h2-4,7-8,11-13,21,26H,5-6,9-10H2,1H3,(H,27,28,29)/t12?,13-/m1/s1. The average Bonchev–Trinajstić information content (AvgIpc) is 2.78. The van der Waals surface area contributed by atoms with Crippen LogP contribution in [0.3, 0.4) is 0 Å². The van der Waals surface area contributed by atoms with E-state index < -0.39 is 23.8 Å². The van der Waals surface area contributed by atoms with Gasteiger partial charge in [0.1, 0.15) is 30.3 Å². The fourth-order valence-electron chi connectivity index (χ4n) is 4.29. The summed E-state index contributed by atoms with van der Waals surface area (Å²) in [6.45, 7) is 4.94. The van der Waals surface area contributed by atoms with Gasteiger partial charge in [-0.1, -0.05) is 18.2 Å². The van der Waals surface area contributed by atoms with Crippen molar-refractivity contribution >= 4 is 22.4 Å². The van der Waals surface area contributed by atoms with E-state index in [1.54, 1.807) is 6.92 Å². The molecule has 9 heteroatoms. The fraction of sp³-hybridized carbons (Fsp3) is 0.364. The van der Waals surface area contributed by atoms with Crippen molar-refractivity contribution in [3.63, 3.8) is 0 Å². The topological polar surface area (TPSA) is 62.3 Å². The van der Waals surface area contributed by atoms with Crippen LogP contribution in [-0.4, -0.2) is 42.3 Å². The molecule has 1 saturated heterocycles. The molecular weight excluding hydrogens is 407 g/mol. The summed E-state index contributed by atoms with van der Waals surface area (Å²) in [5.41, 5.74) is 1.23. The van der Waals surface area contributed by atoms with Crippen molar-refractivity contribution in [2.75, 3.05) is 36.5 Å². The molecule has 0 saturated carbocycles. The lowest BCUT2D eigenvalue weighted by atomic mass is 10.0. The second-order valence-electron chi connectivity index (χ2n) is 7.84. The van der Waals surface area contributed by atoms with E-state index in [1.807, 2.05) is 12.1 Å². The summed E-state index contributed by atoms with van der Waals surface area (Å²) < 4.78 is 46.8. The van der Waals surface area contributed by atoms with Crippen molar-refractivity contribution in [2.45, 2.75) is 25.4 Å². The lowest BCUT2D eigenvalue weighted by Gasteiger charge is -2.42. The minimum atomic E-state index is -2.87.